The Balaban J connectivity index is 1.55. The summed E-state index contributed by atoms with van der Waals surface area (Å²) in [6.07, 6.45) is 9.88. The number of ether oxygens (including phenoxy) is 6. The maximum atomic E-state index is 14.0. The Hall–Kier alpha value is -3.87. The molecule has 1 heterocycles. The van der Waals surface area contributed by atoms with E-state index in [0.717, 1.165) is 35.1 Å². The maximum Gasteiger partial charge on any atom is 0.250 e. The lowest BCUT2D eigenvalue weighted by Gasteiger charge is -2.41. The van der Waals surface area contributed by atoms with Crippen LogP contribution in [0.3, 0.4) is 0 Å². The van der Waals surface area contributed by atoms with Crippen molar-refractivity contribution in [2.24, 2.45) is 0 Å². The molecule has 0 radical (unpaired) electrons. The predicted octanol–water partition coefficient (Wildman–Crippen LogP) is 3.81. The number of rotatable bonds is 11. The summed E-state index contributed by atoms with van der Waals surface area (Å²) in [6, 6.07) is 7.73. The van der Waals surface area contributed by atoms with Crippen LogP contribution in [0.2, 0.25) is 0 Å². The van der Waals surface area contributed by atoms with Crippen LogP contribution in [0.25, 0.3) is 6.08 Å². The molecule has 0 spiro atoms. The Morgan fingerprint density at radius 2 is 1.59 bits per heavy atom. The van der Waals surface area contributed by atoms with Gasteiger partial charge in [-0.05, 0) is 66.3 Å². The van der Waals surface area contributed by atoms with E-state index in [1.54, 1.807) is 35.5 Å². The van der Waals surface area contributed by atoms with Crippen LogP contribution in [0.4, 0.5) is 0 Å². The largest absolute Gasteiger partial charge is 0.493 e. The van der Waals surface area contributed by atoms with E-state index < -0.39 is 0 Å². The van der Waals surface area contributed by atoms with Crippen LogP contribution in [0.5, 0.6) is 28.7 Å². The minimum atomic E-state index is -0.152. The topological polar surface area (TPSA) is 78.9 Å². The van der Waals surface area contributed by atoms with E-state index in [-0.39, 0.29) is 18.6 Å². The number of carbonyl (C=O) groups excluding carboxylic acids is 1. The molecule has 1 aliphatic carbocycles. The number of piperazine rings is 1. The molecule has 9 nitrogen and oxygen atoms in total. The van der Waals surface area contributed by atoms with E-state index >= 15 is 0 Å². The van der Waals surface area contributed by atoms with Gasteiger partial charge in [-0.2, -0.15) is 0 Å². The maximum absolute atomic E-state index is 14.0. The molecule has 41 heavy (non-hydrogen) atoms. The second kappa shape index (κ2) is 14.2. The molecule has 1 unspecified atom stereocenters. The number of carbonyl (C=O) groups is 1. The molecule has 1 atom stereocenters. The van der Waals surface area contributed by atoms with Crippen LogP contribution in [-0.4, -0.2) is 90.1 Å². The monoisotopic (exact) mass is 564 g/mol. The number of nitrogens with zero attached hydrogens (tertiary/aromatic N) is 2. The minimum absolute atomic E-state index is 0.0365. The van der Waals surface area contributed by atoms with E-state index in [2.05, 4.69) is 10.8 Å². The summed E-state index contributed by atoms with van der Waals surface area (Å²) in [4.78, 5) is 18.2. The number of hydrogen-bond acceptors (Lipinski definition) is 8. The Morgan fingerprint density at radius 1 is 0.902 bits per heavy atom. The van der Waals surface area contributed by atoms with E-state index in [1.807, 2.05) is 35.2 Å². The molecule has 1 aliphatic heterocycles. The molecular formula is C32H40N2O7. The summed E-state index contributed by atoms with van der Waals surface area (Å²) < 4.78 is 33.3. The Morgan fingerprint density at radius 3 is 2.22 bits per heavy atom. The Bertz CT molecular complexity index is 1270. The highest BCUT2D eigenvalue weighted by Crippen LogP contribution is 2.39. The van der Waals surface area contributed by atoms with E-state index in [9.17, 15) is 4.79 Å². The highest BCUT2D eigenvalue weighted by Gasteiger charge is 2.33. The summed E-state index contributed by atoms with van der Waals surface area (Å²) in [5.41, 5.74) is 3.95. The third-order valence-corrected chi connectivity index (χ3v) is 7.60. The normalized spacial score (nSPS) is 17.0. The third-order valence-electron chi connectivity index (χ3n) is 7.60. The molecule has 1 amide bonds. The van der Waals surface area contributed by atoms with Crippen molar-refractivity contribution >= 4 is 12.0 Å². The van der Waals surface area contributed by atoms with Crippen LogP contribution < -0.4 is 23.7 Å². The molecule has 0 N–H and O–H groups in total. The number of fused-ring (bicyclic) bond motifs is 1. The van der Waals surface area contributed by atoms with Crippen molar-refractivity contribution < 1.29 is 33.2 Å². The number of benzene rings is 2. The van der Waals surface area contributed by atoms with Crippen molar-refractivity contribution in [1.29, 1.82) is 0 Å². The molecule has 2 aliphatic rings. The first-order valence-corrected chi connectivity index (χ1v) is 13.7. The van der Waals surface area contributed by atoms with Gasteiger partial charge in [0.15, 0.2) is 23.0 Å². The lowest BCUT2D eigenvalue weighted by molar-refractivity contribution is -0.134. The van der Waals surface area contributed by atoms with Gasteiger partial charge in [-0.1, -0.05) is 5.92 Å². The van der Waals surface area contributed by atoms with Crippen molar-refractivity contribution in [3.8, 4) is 41.1 Å². The van der Waals surface area contributed by atoms with Gasteiger partial charge < -0.3 is 33.3 Å². The van der Waals surface area contributed by atoms with Gasteiger partial charge in [0.05, 0.1) is 48.2 Å². The van der Waals surface area contributed by atoms with Gasteiger partial charge in [0.1, 0.15) is 6.61 Å². The van der Waals surface area contributed by atoms with Crippen molar-refractivity contribution in [3.05, 3.63) is 46.5 Å². The Kier molecular flexibility index (Phi) is 10.4. The molecule has 1 saturated heterocycles. The summed E-state index contributed by atoms with van der Waals surface area (Å²) in [5, 5.41) is 0. The molecule has 0 bridgehead atoms. The average molecular weight is 565 g/mol. The van der Waals surface area contributed by atoms with Gasteiger partial charge in [0.2, 0.25) is 11.7 Å². The van der Waals surface area contributed by atoms with Crippen LogP contribution in [0.1, 0.15) is 29.5 Å². The average Bonchev–Trinajstić information content (AvgIpc) is 3.21. The number of aryl methyl sites for hydroxylation is 1. The second-order valence-electron chi connectivity index (χ2n) is 10.1. The van der Waals surface area contributed by atoms with Gasteiger partial charge in [-0.25, -0.2) is 0 Å². The van der Waals surface area contributed by atoms with Gasteiger partial charge in [0, 0.05) is 31.8 Å². The van der Waals surface area contributed by atoms with Crippen LogP contribution in [-0.2, 0) is 22.5 Å². The second-order valence-corrected chi connectivity index (χ2v) is 10.1. The summed E-state index contributed by atoms with van der Waals surface area (Å²) >= 11 is 0. The highest BCUT2D eigenvalue weighted by atomic mass is 16.5. The fourth-order valence-corrected chi connectivity index (χ4v) is 5.58. The van der Waals surface area contributed by atoms with E-state index in [0.29, 0.717) is 68.0 Å². The first-order valence-electron chi connectivity index (χ1n) is 13.7. The van der Waals surface area contributed by atoms with Gasteiger partial charge in [-0.3, -0.25) is 9.69 Å². The lowest BCUT2D eigenvalue weighted by Crippen LogP contribution is -2.56. The molecular weight excluding hydrogens is 524 g/mol. The predicted molar refractivity (Wildman–Crippen MR) is 157 cm³/mol. The summed E-state index contributed by atoms with van der Waals surface area (Å²) in [6.45, 7) is 3.13. The number of amides is 1. The SMILES string of the molecule is C#CCOCC1CN(Cc2cc(OC)c(OC)c(OC)c2)CCN1C(=O)C1=Cc2cc(OC)c(OC)cc2CCC1. The van der Waals surface area contributed by atoms with Crippen molar-refractivity contribution in [2.75, 3.05) is 68.4 Å². The van der Waals surface area contributed by atoms with E-state index in [4.69, 9.17) is 34.8 Å². The fraction of sp³-hybridized carbons (Fsp3) is 0.469. The third kappa shape index (κ3) is 6.89. The molecule has 0 aromatic heterocycles. The molecule has 4 rings (SSSR count). The molecule has 2 aromatic rings. The zero-order chi connectivity index (χ0) is 29.4. The summed E-state index contributed by atoms with van der Waals surface area (Å²) in [7, 11) is 8.06. The van der Waals surface area contributed by atoms with Crippen LogP contribution in [0.15, 0.2) is 29.8 Å². The van der Waals surface area contributed by atoms with Crippen molar-refractivity contribution in [1.82, 2.24) is 9.80 Å². The minimum Gasteiger partial charge on any atom is -0.493 e. The Labute approximate surface area is 242 Å². The summed E-state index contributed by atoms with van der Waals surface area (Å²) in [5.74, 6) is 5.69. The molecule has 220 valence electrons. The van der Waals surface area contributed by atoms with Gasteiger partial charge in [-0.15, -0.1) is 6.42 Å². The zero-order valence-corrected chi connectivity index (χ0v) is 24.7. The first kappa shape index (κ1) is 30.1. The van der Waals surface area contributed by atoms with Gasteiger partial charge in [0.25, 0.3) is 0 Å². The van der Waals surface area contributed by atoms with Crippen molar-refractivity contribution in [2.45, 2.75) is 31.8 Å². The fourth-order valence-electron chi connectivity index (χ4n) is 5.58. The number of terminal acetylenes is 1. The first-order chi connectivity index (χ1) is 20.0. The molecule has 2 aromatic carbocycles. The van der Waals surface area contributed by atoms with Crippen LogP contribution in [0, 0.1) is 12.3 Å². The zero-order valence-electron chi connectivity index (χ0n) is 24.7. The lowest BCUT2D eigenvalue weighted by atomic mass is 10.0. The van der Waals surface area contributed by atoms with Gasteiger partial charge >= 0.3 is 0 Å². The number of hydrogen-bond donors (Lipinski definition) is 0. The molecule has 9 heteroatoms. The standard InChI is InChI=1S/C32H40N2O7/c1-7-13-41-21-26-20-33(19-22-14-29(38-4)31(40-6)30(15-22)39-5)11-12-34(26)32(35)24-10-8-9-23-17-27(36-2)28(37-3)18-25(23)16-24/h1,14-18,26H,8-13,19-21H2,2-6H3. The van der Waals surface area contributed by atoms with E-state index in [1.165, 1.54) is 0 Å². The van der Waals surface area contributed by atoms with Crippen LogP contribution >= 0.6 is 0 Å². The highest BCUT2D eigenvalue weighted by molar-refractivity contribution is 5.98. The molecule has 0 saturated carbocycles. The smallest absolute Gasteiger partial charge is 0.250 e. The van der Waals surface area contributed by atoms with Crippen molar-refractivity contribution in [3.63, 3.8) is 0 Å². The quantitative estimate of drug-likeness (QED) is 0.301. The molecule has 1 fully saturated rings. The number of methoxy groups -OCH3 is 5.